The molecule has 4 N–H and O–H groups in total. The molecule has 0 bridgehead atoms. The largest absolute Gasteiger partial charge is 0.409 e. The van der Waals surface area contributed by atoms with E-state index < -0.39 is 0 Å². The van der Waals surface area contributed by atoms with Crippen molar-refractivity contribution >= 4 is 5.84 Å². The van der Waals surface area contributed by atoms with Crippen LogP contribution in [0.2, 0.25) is 0 Å². The summed E-state index contributed by atoms with van der Waals surface area (Å²) in [5, 5.41) is 20.7. The monoisotopic (exact) mass is 187 g/mol. The van der Waals surface area contributed by atoms with Gasteiger partial charge in [-0.1, -0.05) is 12.1 Å². The van der Waals surface area contributed by atoms with E-state index in [1.54, 1.807) is 0 Å². The molecule has 5 nitrogen and oxygen atoms in total. The quantitative estimate of drug-likeness (QED) is 0.234. The van der Waals surface area contributed by atoms with Crippen LogP contribution >= 0.6 is 0 Å². The van der Waals surface area contributed by atoms with Gasteiger partial charge >= 0.3 is 0 Å². The van der Waals surface area contributed by atoms with Crippen LogP contribution in [0.15, 0.2) is 5.16 Å². The Hall–Kier alpha value is -0.810. The summed E-state index contributed by atoms with van der Waals surface area (Å²) < 4.78 is 0. The molecule has 13 heavy (non-hydrogen) atoms. The molecule has 0 aromatic rings. The van der Waals surface area contributed by atoms with Gasteiger partial charge in [0.15, 0.2) is 5.84 Å². The molecule has 0 aliphatic carbocycles. The lowest BCUT2D eigenvalue weighted by atomic mass is 9.97. The summed E-state index contributed by atoms with van der Waals surface area (Å²) in [6.45, 7) is 4.09. The smallest absolute Gasteiger partial charge is 0.153 e. The minimum atomic E-state index is -0.205. The molecule has 5 heteroatoms. The van der Waals surface area contributed by atoms with Crippen molar-refractivity contribution in [1.29, 1.82) is 0 Å². The van der Waals surface area contributed by atoms with E-state index in [0.717, 1.165) is 19.5 Å². The SMILES string of the molecule is C[C@H]1CN(CC(N)=NO)CC[C@H]1O. The fourth-order valence-corrected chi connectivity index (χ4v) is 1.62. The molecular formula is C8H17N3O2. The average molecular weight is 187 g/mol. The number of rotatable bonds is 2. The zero-order chi connectivity index (χ0) is 9.84. The van der Waals surface area contributed by atoms with Gasteiger partial charge in [0.05, 0.1) is 12.6 Å². The fourth-order valence-electron chi connectivity index (χ4n) is 1.62. The van der Waals surface area contributed by atoms with Gasteiger partial charge in [0.25, 0.3) is 0 Å². The van der Waals surface area contributed by atoms with Crippen LogP contribution in [0.3, 0.4) is 0 Å². The Balaban J connectivity index is 2.37. The summed E-state index contributed by atoms with van der Waals surface area (Å²) >= 11 is 0. The maximum absolute atomic E-state index is 9.45. The highest BCUT2D eigenvalue weighted by Crippen LogP contribution is 2.15. The molecule has 1 rings (SSSR count). The van der Waals surface area contributed by atoms with Gasteiger partial charge < -0.3 is 16.0 Å². The van der Waals surface area contributed by atoms with E-state index in [1.807, 2.05) is 6.92 Å². The van der Waals surface area contributed by atoms with E-state index in [0.29, 0.717) is 6.54 Å². The van der Waals surface area contributed by atoms with Crippen LogP contribution in [0.1, 0.15) is 13.3 Å². The molecule has 1 aliphatic rings. The van der Waals surface area contributed by atoms with Gasteiger partial charge in [-0.15, -0.1) is 0 Å². The molecule has 0 aromatic carbocycles. The van der Waals surface area contributed by atoms with Gasteiger partial charge in [-0.25, -0.2) is 0 Å². The zero-order valence-electron chi connectivity index (χ0n) is 7.85. The lowest BCUT2D eigenvalue weighted by Gasteiger charge is -2.33. The van der Waals surface area contributed by atoms with Crippen LogP contribution in [-0.2, 0) is 0 Å². The highest BCUT2D eigenvalue weighted by Gasteiger charge is 2.24. The average Bonchev–Trinajstić information content (AvgIpc) is 2.11. The first-order valence-corrected chi connectivity index (χ1v) is 4.50. The normalized spacial score (nSPS) is 32.0. The second-order valence-corrected chi connectivity index (χ2v) is 3.66. The summed E-state index contributed by atoms with van der Waals surface area (Å²) in [6, 6.07) is 0. The molecule has 0 radical (unpaired) electrons. The number of amidine groups is 1. The van der Waals surface area contributed by atoms with Gasteiger partial charge in [-0.05, 0) is 12.3 Å². The van der Waals surface area contributed by atoms with Crippen molar-refractivity contribution < 1.29 is 10.3 Å². The number of nitrogens with two attached hydrogens (primary N) is 1. The Morgan fingerprint density at radius 1 is 1.69 bits per heavy atom. The van der Waals surface area contributed by atoms with Crippen molar-refractivity contribution in [3.8, 4) is 0 Å². The highest BCUT2D eigenvalue weighted by atomic mass is 16.4. The number of nitrogens with zero attached hydrogens (tertiary/aromatic N) is 2. The second-order valence-electron chi connectivity index (χ2n) is 3.66. The molecule has 2 atom stereocenters. The molecule has 0 unspecified atom stereocenters. The van der Waals surface area contributed by atoms with Crippen LogP contribution < -0.4 is 5.73 Å². The summed E-state index contributed by atoms with van der Waals surface area (Å²) in [4.78, 5) is 2.08. The third-order valence-corrected chi connectivity index (χ3v) is 2.46. The first-order chi connectivity index (χ1) is 6.13. The van der Waals surface area contributed by atoms with E-state index in [2.05, 4.69) is 10.1 Å². The van der Waals surface area contributed by atoms with E-state index in [9.17, 15) is 5.11 Å². The summed E-state index contributed by atoms with van der Waals surface area (Å²) in [5.41, 5.74) is 5.38. The van der Waals surface area contributed by atoms with Gasteiger partial charge in [0, 0.05) is 13.1 Å². The topological polar surface area (TPSA) is 82.1 Å². The van der Waals surface area contributed by atoms with Gasteiger partial charge in [-0.2, -0.15) is 0 Å². The van der Waals surface area contributed by atoms with Crippen LogP contribution in [0, 0.1) is 5.92 Å². The number of hydrogen-bond acceptors (Lipinski definition) is 4. The molecule has 76 valence electrons. The molecule has 1 heterocycles. The highest BCUT2D eigenvalue weighted by molar-refractivity contribution is 5.81. The minimum Gasteiger partial charge on any atom is -0.409 e. The first kappa shape index (κ1) is 10.3. The Bertz CT molecular complexity index is 196. The third-order valence-electron chi connectivity index (χ3n) is 2.46. The zero-order valence-corrected chi connectivity index (χ0v) is 7.85. The molecule has 1 saturated heterocycles. The molecular weight excluding hydrogens is 170 g/mol. The number of hydrogen-bond donors (Lipinski definition) is 3. The van der Waals surface area contributed by atoms with E-state index in [-0.39, 0.29) is 17.9 Å². The maximum Gasteiger partial charge on any atom is 0.153 e. The predicted octanol–water partition coefficient (Wildman–Crippen LogP) is -0.564. The van der Waals surface area contributed by atoms with Crippen molar-refractivity contribution in [2.75, 3.05) is 19.6 Å². The Kier molecular flexibility index (Phi) is 3.50. The van der Waals surface area contributed by atoms with Crippen LogP contribution in [0.5, 0.6) is 0 Å². The van der Waals surface area contributed by atoms with Gasteiger partial charge in [0.1, 0.15) is 0 Å². The number of aliphatic hydroxyl groups excluding tert-OH is 1. The maximum atomic E-state index is 9.45. The number of piperidine rings is 1. The Morgan fingerprint density at radius 2 is 2.38 bits per heavy atom. The fraction of sp³-hybridized carbons (Fsp3) is 0.875. The van der Waals surface area contributed by atoms with Crippen molar-refractivity contribution in [1.82, 2.24) is 4.90 Å². The minimum absolute atomic E-state index is 0.205. The van der Waals surface area contributed by atoms with Gasteiger partial charge in [0.2, 0.25) is 0 Å². The van der Waals surface area contributed by atoms with Crippen molar-refractivity contribution in [2.45, 2.75) is 19.4 Å². The standard InChI is InChI=1S/C8H17N3O2/c1-6-4-11(3-2-7(6)12)5-8(9)10-13/h6-7,12-13H,2-5H2,1H3,(H2,9,10)/t6-,7+/m0/s1. The van der Waals surface area contributed by atoms with Crippen molar-refractivity contribution in [2.24, 2.45) is 16.8 Å². The van der Waals surface area contributed by atoms with Gasteiger partial charge in [-0.3, -0.25) is 4.90 Å². The number of oxime groups is 1. The molecule has 1 aliphatic heterocycles. The van der Waals surface area contributed by atoms with E-state index >= 15 is 0 Å². The van der Waals surface area contributed by atoms with Crippen LogP contribution in [0.25, 0.3) is 0 Å². The van der Waals surface area contributed by atoms with E-state index in [1.165, 1.54) is 0 Å². The van der Waals surface area contributed by atoms with Crippen molar-refractivity contribution in [3.05, 3.63) is 0 Å². The summed E-state index contributed by atoms with van der Waals surface area (Å²) in [5.74, 6) is 0.490. The van der Waals surface area contributed by atoms with Crippen LogP contribution in [-0.4, -0.2) is 46.8 Å². The third kappa shape index (κ3) is 2.86. The molecule has 0 spiro atoms. The second kappa shape index (κ2) is 4.43. The molecule has 1 fully saturated rings. The predicted molar refractivity (Wildman–Crippen MR) is 49.6 cm³/mol. The molecule has 0 saturated carbocycles. The molecule has 0 aromatic heterocycles. The van der Waals surface area contributed by atoms with E-state index in [4.69, 9.17) is 10.9 Å². The summed E-state index contributed by atoms with van der Waals surface area (Å²) in [6.07, 6.45) is 0.559. The molecule has 0 amide bonds. The lowest BCUT2D eigenvalue weighted by Crippen LogP contribution is -2.45. The Labute approximate surface area is 77.8 Å². The Morgan fingerprint density at radius 3 is 2.92 bits per heavy atom. The summed E-state index contributed by atoms with van der Waals surface area (Å²) in [7, 11) is 0. The first-order valence-electron chi connectivity index (χ1n) is 4.50. The lowest BCUT2D eigenvalue weighted by molar-refractivity contribution is 0.0408. The van der Waals surface area contributed by atoms with Crippen LogP contribution in [0.4, 0.5) is 0 Å². The number of likely N-dealkylation sites (tertiary alicyclic amines) is 1. The van der Waals surface area contributed by atoms with Crippen molar-refractivity contribution in [3.63, 3.8) is 0 Å². The number of aliphatic hydroxyl groups is 1.